The van der Waals surface area contributed by atoms with Gasteiger partial charge >= 0.3 is 12.0 Å². The zero-order valence-electron chi connectivity index (χ0n) is 21.7. The molecular formula is C29H27N5O4S. The molecule has 0 radical (unpaired) electrons. The van der Waals surface area contributed by atoms with Gasteiger partial charge in [0.1, 0.15) is 17.8 Å². The number of aryl methyl sites for hydroxylation is 2. The second-order valence-electron chi connectivity index (χ2n) is 9.31. The van der Waals surface area contributed by atoms with Crippen molar-refractivity contribution in [3.05, 3.63) is 88.2 Å². The SMILES string of the molecule is COc1cccc(CCC2=NC(=O)NC(c3c(C)nc4sccn34)C2C(=O)OC(C)c2cccc(C#N)c2)c1. The molecule has 1 aliphatic heterocycles. The lowest BCUT2D eigenvalue weighted by Crippen LogP contribution is -2.46. The molecule has 10 heteroatoms. The van der Waals surface area contributed by atoms with E-state index in [0.29, 0.717) is 35.4 Å². The van der Waals surface area contributed by atoms with E-state index in [4.69, 9.17) is 9.47 Å². The quantitative estimate of drug-likeness (QED) is 0.301. The van der Waals surface area contributed by atoms with Gasteiger partial charge in [-0.2, -0.15) is 5.26 Å². The number of hydrogen-bond donors (Lipinski definition) is 1. The van der Waals surface area contributed by atoms with Gasteiger partial charge in [-0.25, -0.2) is 14.8 Å². The molecule has 1 aliphatic rings. The smallest absolute Gasteiger partial charge is 0.341 e. The fourth-order valence-electron chi connectivity index (χ4n) is 4.91. The number of carbonyl (C=O) groups is 2. The average molecular weight is 542 g/mol. The minimum Gasteiger partial charge on any atom is -0.497 e. The molecule has 0 saturated heterocycles. The van der Waals surface area contributed by atoms with Crippen molar-refractivity contribution in [2.45, 2.75) is 38.8 Å². The monoisotopic (exact) mass is 541 g/mol. The number of nitrogens with zero attached hydrogens (tertiary/aromatic N) is 4. The Morgan fingerprint density at radius 1 is 1.23 bits per heavy atom. The van der Waals surface area contributed by atoms with E-state index in [9.17, 15) is 14.9 Å². The number of carbonyl (C=O) groups excluding carboxylic acids is 2. The Kier molecular flexibility index (Phi) is 7.43. The van der Waals surface area contributed by atoms with Crippen LogP contribution in [-0.4, -0.2) is 34.2 Å². The fraction of sp³-hybridized carbons (Fsp3) is 0.276. The van der Waals surface area contributed by atoms with Gasteiger partial charge in [0.05, 0.1) is 36.2 Å². The summed E-state index contributed by atoms with van der Waals surface area (Å²) in [7, 11) is 1.61. The van der Waals surface area contributed by atoms with Gasteiger partial charge < -0.3 is 14.8 Å². The molecule has 0 aliphatic carbocycles. The van der Waals surface area contributed by atoms with Gasteiger partial charge in [-0.3, -0.25) is 9.20 Å². The van der Waals surface area contributed by atoms with E-state index in [2.05, 4.69) is 21.4 Å². The van der Waals surface area contributed by atoms with Crippen molar-refractivity contribution in [1.82, 2.24) is 14.7 Å². The van der Waals surface area contributed by atoms with Crippen LogP contribution in [0.4, 0.5) is 4.79 Å². The van der Waals surface area contributed by atoms with E-state index in [0.717, 1.165) is 22.0 Å². The topological polar surface area (TPSA) is 118 Å². The normalized spacial score (nSPS) is 17.7. The third kappa shape index (κ3) is 5.40. The summed E-state index contributed by atoms with van der Waals surface area (Å²) in [6, 6.07) is 15.5. The van der Waals surface area contributed by atoms with Crippen LogP contribution in [0.15, 0.2) is 65.1 Å². The van der Waals surface area contributed by atoms with Gasteiger partial charge in [-0.05, 0) is 62.1 Å². The number of nitrogens with one attached hydrogen (secondary N) is 1. The average Bonchev–Trinajstić information content (AvgIpc) is 3.51. The molecule has 2 aromatic carbocycles. The maximum atomic E-state index is 13.9. The van der Waals surface area contributed by atoms with E-state index in [-0.39, 0.29) is 0 Å². The van der Waals surface area contributed by atoms with Crippen molar-refractivity contribution < 1.29 is 19.1 Å². The largest absolute Gasteiger partial charge is 0.497 e. The summed E-state index contributed by atoms with van der Waals surface area (Å²) in [4.78, 5) is 36.4. The van der Waals surface area contributed by atoms with E-state index >= 15 is 0 Å². The Morgan fingerprint density at radius 3 is 2.85 bits per heavy atom. The molecule has 3 unspecified atom stereocenters. The maximum Gasteiger partial charge on any atom is 0.341 e. The highest BCUT2D eigenvalue weighted by molar-refractivity contribution is 7.15. The lowest BCUT2D eigenvalue weighted by atomic mass is 9.86. The zero-order chi connectivity index (χ0) is 27.5. The Morgan fingerprint density at radius 2 is 2.05 bits per heavy atom. The van der Waals surface area contributed by atoms with Crippen molar-refractivity contribution in [1.29, 1.82) is 5.26 Å². The first-order valence-corrected chi connectivity index (χ1v) is 13.4. The number of ether oxygens (including phenoxy) is 2. The predicted octanol–water partition coefficient (Wildman–Crippen LogP) is 5.34. The maximum absolute atomic E-state index is 13.9. The predicted molar refractivity (Wildman–Crippen MR) is 147 cm³/mol. The molecule has 0 spiro atoms. The minimum absolute atomic E-state index is 0.375. The molecule has 3 atom stereocenters. The molecule has 2 amide bonds. The summed E-state index contributed by atoms with van der Waals surface area (Å²) in [5.41, 5.74) is 4.05. The fourth-order valence-corrected chi connectivity index (χ4v) is 5.68. The zero-order valence-corrected chi connectivity index (χ0v) is 22.6. The number of benzene rings is 2. The summed E-state index contributed by atoms with van der Waals surface area (Å²) < 4.78 is 13.2. The number of nitriles is 1. The van der Waals surface area contributed by atoms with Crippen LogP contribution in [0.3, 0.4) is 0 Å². The van der Waals surface area contributed by atoms with Crippen LogP contribution in [-0.2, 0) is 16.0 Å². The molecule has 0 saturated carbocycles. The van der Waals surface area contributed by atoms with Gasteiger partial charge in [0.15, 0.2) is 4.96 Å². The first kappa shape index (κ1) is 26.1. The lowest BCUT2D eigenvalue weighted by molar-refractivity contribution is -0.152. The highest BCUT2D eigenvalue weighted by Gasteiger charge is 2.42. The Balaban J connectivity index is 1.49. The number of methoxy groups -OCH3 is 1. The van der Waals surface area contributed by atoms with Crippen LogP contribution in [0.5, 0.6) is 5.75 Å². The standard InChI is InChI=1S/C29H27N5O4S/c1-17-26(34-12-13-39-29(34)31-17)25-24(27(35)38-18(2)21-8-4-7-20(14-21)16-30)23(32-28(36)33-25)11-10-19-6-5-9-22(15-19)37-3/h4-9,12-15,18,24-25H,10-11H2,1-3H3,(H,33,36). The molecule has 1 N–H and O–H groups in total. The van der Waals surface area contributed by atoms with Crippen LogP contribution in [0.25, 0.3) is 4.96 Å². The minimum atomic E-state index is -0.867. The number of esters is 1. The number of thiazole rings is 1. The van der Waals surface area contributed by atoms with Gasteiger partial charge in [0.25, 0.3) is 0 Å². The van der Waals surface area contributed by atoms with Crippen LogP contribution in [0.2, 0.25) is 0 Å². The molecule has 0 fully saturated rings. The molecule has 4 aromatic rings. The van der Waals surface area contributed by atoms with Crippen LogP contribution in [0, 0.1) is 24.2 Å². The number of fused-ring (bicyclic) bond motifs is 1. The van der Waals surface area contributed by atoms with Crippen LogP contribution < -0.4 is 10.1 Å². The molecule has 9 nitrogen and oxygen atoms in total. The third-order valence-electron chi connectivity index (χ3n) is 6.83. The van der Waals surface area contributed by atoms with E-state index in [1.807, 2.05) is 53.2 Å². The van der Waals surface area contributed by atoms with Crippen molar-refractivity contribution >= 4 is 34.0 Å². The van der Waals surface area contributed by atoms with E-state index in [1.165, 1.54) is 11.3 Å². The molecule has 5 rings (SSSR count). The molecule has 3 heterocycles. The van der Waals surface area contributed by atoms with Gasteiger partial charge in [0, 0.05) is 17.3 Å². The number of amides is 2. The third-order valence-corrected chi connectivity index (χ3v) is 7.59. The van der Waals surface area contributed by atoms with Gasteiger partial charge in [-0.15, -0.1) is 11.3 Å². The van der Waals surface area contributed by atoms with Crippen molar-refractivity contribution in [3.63, 3.8) is 0 Å². The Hall–Kier alpha value is -4.49. The summed E-state index contributed by atoms with van der Waals surface area (Å²) in [6.07, 6.45) is 2.19. The highest BCUT2D eigenvalue weighted by atomic mass is 32.1. The molecule has 39 heavy (non-hydrogen) atoms. The number of aliphatic imine (C=N–C) groups is 1. The molecule has 0 bridgehead atoms. The van der Waals surface area contributed by atoms with E-state index < -0.39 is 30.1 Å². The summed E-state index contributed by atoms with van der Waals surface area (Å²) in [6.45, 7) is 3.63. The van der Waals surface area contributed by atoms with Crippen molar-refractivity contribution in [2.75, 3.05) is 7.11 Å². The van der Waals surface area contributed by atoms with Gasteiger partial charge in [0.2, 0.25) is 0 Å². The van der Waals surface area contributed by atoms with Crippen LogP contribution >= 0.6 is 11.3 Å². The lowest BCUT2D eigenvalue weighted by Gasteiger charge is -2.31. The molecular weight excluding hydrogens is 514 g/mol. The highest BCUT2D eigenvalue weighted by Crippen LogP contribution is 2.34. The number of aromatic nitrogens is 2. The first-order chi connectivity index (χ1) is 18.9. The Labute approximate surface area is 229 Å². The van der Waals surface area contributed by atoms with E-state index in [1.54, 1.807) is 32.2 Å². The number of imidazole rings is 1. The number of hydrogen-bond acceptors (Lipinski definition) is 7. The Bertz CT molecular complexity index is 1620. The second-order valence-corrected chi connectivity index (χ2v) is 10.2. The molecule has 2 aromatic heterocycles. The molecule has 198 valence electrons. The van der Waals surface area contributed by atoms with Crippen molar-refractivity contribution in [3.8, 4) is 11.8 Å². The number of rotatable bonds is 8. The van der Waals surface area contributed by atoms with Crippen molar-refractivity contribution in [2.24, 2.45) is 10.9 Å². The first-order valence-electron chi connectivity index (χ1n) is 12.5. The second kappa shape index (κ2) is 11.1. The van der Waals surface area contributed by atoms with Gasteiger partial charge in [-0.1, -0.05) is 24.3 Å². The van der Waals surface area contributed by atoms with Crippen LogP contribution in [0.1, 0.15) is 53.6 Å². The summed E-state index contributed by atoms with van der Waals surface area (Å²) >= 11 is 1.47. The number of urea groups is 1. The summed E-state index contributed by atoms with van der Waals surface area (Å²) in [5.74, 6) is -0.648. The summed E-state index contributed by atoms with van der Waals surface area (Å²) in [5, 5.41) is 14.1.